The molecule has 0 unspecified atom stereocenters. The molecule has 0 nitrogen and oxygen atoms in total. The topological polar surface area (TPSA) is 0 Å². The van der Waals surface area contributed by atoms with Crippen LogP contribution in [0, 0.1) is 0 Å². The van der Waals surface area contributed by atoms with Crippen molar-refractivity contribution in [3.63, 3.8) is 0 Å². The van der Waals surface area contributed by atoms with Gasteiger partial charge in [0, 0.05) is 0 Å². The van der Waals surface area contributed by atoms with E-state index in [0.29, 0.717) is 0 Å². The first-order valence-corrected chi connectivity index (χ1v) is 9.80. The van der Waals surface area contributed by atoms with E-state index in [1.54, 1.807) is 0 Å². The van der Waals surface area contributed by atoms with Gasteiger partial charge in [-0.05, 0) is 71.4 Å². The summed E-state index contributed by atoms with van der Waals surface area (Å²) in [6.07, 6.45) is 0. The van der Waals surface area contributed by atoms with Crippen LogP contribution in [0.1, 0.15) is 0 Å². The zero-order chi connectivity index (χ0) is 18.2. The van der Waals surface area contributed by atoms with Gasteiger partial charge in [-0.25, -0.2) is 0 Å². The molecule has 7 rings (SSSR count). The highest BCUT2D eigenvalue weighted by atomic mass is 14.3. The first kappa shape index (κ1) is 14.4. The Morgan fingerprint density at radius 3 is 2.00 bits per heavy atom. The maximum absolute atomic E-state index is 2.38. The number of fused-ring (bicyclic) bond motifs is 9. The van der Waals surface area contributed by atoms with Gasteiger partial charge in [0.2, 0.25) is 0 Å². The first-order chi connectivity index (χ1) is 13.9. The predicted octanol–water partition coefficient (Wildman–Crippen LogP) is 7.95. The summed E-state index contributed by atoms with van der Waals surface area (Å²) in [7, 11) is 0. The molecule has 0 fully saturated rings. The largest absolute Gasteiger partial charge is 0.0616 e. The van der Waals surface area contributed by atoms with Gasteiger partial charge in [0.25, 0.3) is 0 Å². The van der Waals surface area contributed by atoms with Crippen LogP contribution in [0.15, 0.2) is 97.1 Å². The van der Waals surface area contributed by atoms with Crippen LogP contribution in [-0.2, 0) is 0 Å². The number of rotatable bonds is 0. The maximum Gasteiger partial charge on any atom is -0.00139 e. The molecular formula is C28H16. The molecule has 0 aliphatic heterocycles. The average Bonchev–Trinajstić information content (AvgIpc) is 3.09. The molecule has 0 saturated heterocycles. The molecule has 0 heterocycles. The predicted molar refractivity (Wildman–Crippen MR) is 121 cm³/mol. The van der Waals surface area contributed by atoms with E-state index in [9.17, 15) is 0 Å². The molecule has 128 valence electrons. The smallest absolute Gasteiger partial charge is 0.00139 e. The zero-order valence-corrected chi connectivity index (χ0v) is 15.2. The summed E-state index contributed by atoms with van der Waals surface area (Å²) in [4.78, 5) is 0. The van der Waals surface area contributed by atoms with E-state index in [4.69, 9.17) is 0 Å². The second-order valence-corrected chi connectivity index (χ2v) is 7.75. The van der Waals surface area contributed by atoms with Gasteiger partial charge in [0.05, 0.1) is 0 Å². The van der Waals surface area contributed by atoms with Crippen LogP contribution in [0.3, 0.4) is 0 Å². The van der Waals surface area contributed by atoms with Gasteiger partial charge in [-0.2, -0.15) is 0 Å². The summed E-state index contributed by atoms with van der Waals surface area (Å²) in [6.45, 7) is 0. The van der Waals surface area contributed by atoms with Crippen molar-refractivity contribution in [1.29, 1.82) is 0 Å². The summed E-state index contributed by atoms with van der Waals surface area (Å²) in [5.74, 6) is 0. The Balaban J connectivity index is 1.77. The highest BCUT2D eigenvalue weighted by Gasteiger charge is 2.25. The molecule has 0 aromatic heterocycles. The van der Waals surface area contributed by atoms with Crippen LogP contribution in [0.4, 0.5) is 0 Å². The number of benzene rings is 6. The summed E-state index contributed by atoms with van der Waals surface area (Å²) in [6, 6.07) is 35.8. The van der Waals surface area contributed by atoms with Gasteiger partial charge in [0.15, 0.2) is 0 Å². The van der Waals surface area contributed by atoms with Gasteiger partial charge < -0.3 is 0 Å². The summed E-state index contributed by atoms with van der Waals surface area (Å²) in [5, 5.41) is 10.7. The van der Waals surface area contributed by atoms with Crippen LogP contribution in [0.25, 0.3) is 65.3 Å². The molecule has 0 bridgehead atoms. The molecule has 1 aliphatic rings. The first-order valence-electron chi connectivity index (χ1n) is 9.80. The lowest BCUT2D eigenvalue weighted by molar-refractivity contribution is 1.75. The SMILES string of the molecule is c1ccc2c(c1)cc1c3c(cccc32)-c2c-1ccc1ccc3ccccc3c21. The van der Waals surface area contributed by atoms with Crippen LogP contribution < -0.4 is 0 Å². The minimum absolute atomic E-state index is 1.30. The third-order valence-electron chi connectivity index (χ3n) is 6.35. The number of hydrogen-bond acceptors (Lipinski definition) is 0. The van der Waals surface area contributed by atoms with E-state index in [0.717, 1.165) is 0 Å². The van der Waals surface area contributed by atoms with Crippen molar-refractivity contribution >= 4 is 43.1 Å². The van der Waals surface area contributed by atoms with Gasteiger partial charge in [-0.3, -0.25) is 0 Å². The van der Waals surface area contributed by atoms with Crippen LogP contribution in [-0.4, -0.2) is 0 Å². The maximum atomic E-state index is 2.38. The van der Waals surface area contributed by atoms with Gasteiger partial charge in [-0.15, -0.1) is 0 Å². The highest BCUT2D eigenvalue weighted by Crippen LogP contribution is 2.52. The third kappa shape index (κ3) is 1.66. The minimum atomic E-state index is 1.30. The van der Waals surface area contributed by atoms with Crippen molar-refractivity contribution in [3.05, 3.63) is 97.1 Å². The Hall–Kier alpha value is -3.64. The van der Waals surface area contributed by atoms with Crippen molar-refractivity contribution in [2.45, 2.75) is 0 Å². The monoisotopic (exact) mass is 352 g/mol. The van der Waals surface area contributed by atoms with E-state index in [1.165, 1.54) is 65.3 Å². The lowest BCUT2D eigenvalue weighted by Gasteiger charge is -2.11. The normalized spacial score (nSPS) is 12.3. The molecule has 0 amide bonds. The molecule has 28 heavy (non-hydrogen) atoms. The minimum Gasteiger partial charge on any atom is -0.0616 e. The Morgan fingerprint density at radius 2 is 1.07 bits per heavy atom. The molecule has 0 atom stereocenters. The van der Waals surface area contributed by atoms with Crippen LogP contribution in [0.2, 0.25) is 0 Å². The fourth-order valence-corrected chi connectivity index (χ4v) is 5.19. The van der Waals surface area contributed by atoms with Crippen molar-refractivity contribution < 1.29 is 0 Å². The Kier molecular flexibility index (Phi) is 2.57. The van der Waals surface area contributed by atoms with E-state index in [2.05, 4.69) is 97.1 Å². The van der Waals surface area contributed by atoms with Crippen molar-refractivity contribution in [1.82, 2.24) is 0 Å². The van der Waals surface area contributed by atoms with Gasteiger partial charge in [0.1, 0.15) is 0 Å². The summed E-state index contributed by atoms with van der Waals surface area (Å²) in [5.41, 5.74) is 5.50. The standard InChI is InChI=1S/C28H16/c1-4-9-21-17(6-1)12-13-18-14-15-23-25-16-19-7-2-3-8-20(19)22-10-5-11-24(27(22)25)28(23)26(18)21/h1-16H. The third-order valence-corrected chi connectivity index (χ3v) is 6.35. The van der Waals surface area contributed by atoms with E-state index in [1.807, 2.05) is 0 Å². The van der Waals surface area contributed by atoms with Gasteiger partial charge >= 0.3 is 0 Å². The Morgan fingerprint density at radius 1 is 0.357 bits per heavy atom. The molecule has 0 radical (unpaired) electrons. The van der Waals surface area contributed by atoms with Crippen molar-refractivity contribution in [2.24, 2.45) is 0 Å². The molecule has 0 N–H and O–H groups in total. The fraction of sp³-hybridized carbons (Fsp3) is 0. The second kappa shape index (κ2) is 4.99. The fourth-order valence-electron chi connectivity index (χ4n) is 5.19. The Labute approximate surface area is 162 Å². The van der Waals surface area contributed by atoms with E-state index >= 15 is 0 Å². The second-order valence-electron chi connectivity index (χ2n) is 7.75. The average molecular weight is 352 g/mol. The zero-order valence-electron chi connectivity index (χ0n) is 15.2. The lowest BCUT2D eigenvalue weighted by atomic mass is 9.92. The van der Waals surface area contributed by atoms with E-state index < -0.39 is 0 Å². The van der Waals surface area contributed by atoms with E-state index in [-0.39, 0.29) is 0 Å². The molecular weight excluding hydrogens is 336 g/mol. The van der Waals surface area contributed by atoms with Crippen molar-refractivity contribution in [2.75, 3.05) is 0 Å². The Bertz CT molecular complexity index is 1600. The summed E-state index contributed by atoms with van der Waals surface area (Å²) < 4.78 is 0. The van der Waals surface area contributed by atoms with Crippen LogP contribution in [0.5, 0.6) is 0 Å². The molecule has 0 heteroatoms. The lowest BCUT2D eigenvalue weighted by Crippen LogP contribution is -1.83. The van der Waals surface area contributed by atoms with Crippen molar-refractivity contribution in [3.8, 4) is 22.3 Å². The molecule has 0 saturated carbocycles. The molecule has 0 spiro atoms. The van der Waals surface area contributed by atoms with Gasteiger partial charge in [-0.1, -0.05) is 91.0 Å². The molecule has 6 aromatic carbocycles. The van der Waals surface area contributed by atoms with Crippen LogP contribution >= 0.6 is 0 Å². The summed E-state index contributed by atoms with van der Waals surface area (Å²) >= 11 is 0. The quantitative estimate of drug-likeness (QED) is 0.243. The highest BCUT2D eigenvalue weighted by molar-refractivity contribution is 6.29. The number of hydrogen-bond donors (Lipinski definition) is 0. The molecule has 6 aromatic rings. The molecule has 1 aliphatic carbocycles.